The van der Waals surface area contributed by atoms with Crippen molar-refractivity contribution in [2.24, 2.45) is 0 Å². The largest absolute Gasteiger partial charge is 0.504 e. The van der Waals surface area contributed by atoms with E-state index >= 15 is 0 Å². The Morgan fingerprint density at radius 2 is 1.41 bits per heavy atom. The van der Waals surface area contributed by atoms with Crippen LogP contribution in [0.1, 0.15) is 57.2 Å². The van der Waals surface area contributed by atoms with Crippen molar-refractivity contribution in [3.8, 4) is 11.5 Å². The summed E-state index contributed by atoms with van der Waals surface area (Å²) in [4.78, 5) is 0. The average molecular weight is 234 g/mol. The van der Waals surface area contributed by atoms with E-state index in [1.165, 1.54) is 5.56 Å². The molecular formula is C15H22O2. The SMILES string of the molecule is Cc1cc(O)c(O)c2c1C(C)(C)CCC2(C)C. The van der Waals surface area contributed by atoms with Crippen LogP contribution in [0.5, 0.6) is 11.5 Å². The fourth-order valence-electron chi connectivity index (χ4n) is 3.20. The van der Waals surface area contributed by atoms with Gasteiger partial charge in [-0.2, -0.15) is 0 Å². The van der Waals surface area contributed by atoms with Crippen molar-refractivity contribution in [3.05, 3.63) is 22.8 Å². The molecule has 1 aliphatic carbocycles. The number of hydrogen-bond donors (Lipinski definition) is 2. The quantitative estimate of drug-likeness (QED) is 0.671. The average Bonchev–Trinajstić information content (AvgIpc) is 2.18. The van der Waals surface area contributed by atoms with E-state index in [0.29, 0.717) is 0 Å². The van der Waals surface area contributed by atoms with Crippen LogP contribution in [-0.2, 0) is 10.8 Å². The van der Waals surface area contributed by atoms with Crippen LogP contribution in [0.2, 0.25) is 0 Å². The standard InChI is InChI=1S/C15H22O2/c1-9-8-10(16)13(17)12-11(9)14(2,3)6-7-15(12,4)5/h8,16-17H,6-7H2,1-5H3. The first-order valence-electron chi connectivity index (χ1n) is 6.23. The molecule has 0 fully saturated rings. The topological polar surface area (TPSA) is 40.5 Å². The number of benzene rings is 1. The minimum absolute atomic E-state index is 0.00650. The second kappa shape index (κ2) is 3.41. The summed E-state index contributed by atoms with van der Waals surface area (Å²) in [7, 11) is 0. The number of phenolic OH excluding ortho intramolecular Hbond substituents is 2. The lowest BCUT2D eigenvalue weighted by molar-refractivity contribution is 0.308. The first-order chi connectivity index (χ1) is 7.67. The first kappa shape index (κ1) is 12.3. The molecule has 0 unspecified atom stereocenters. The molecular weight excluding hydrogens is 212 g/mol. The Bertz CT molecular complexity index is 470. The van der Waals surface area contributed by atoms with Gasteiger partial charge in [0.15, 0.2) is 11.5 Å². The first-order valence-corrected chi connectivity index (χ1v) is 6.23. The number of hydrogen-bond acceptors (Lipinski definition) is 2. The van der Waals surface area contributed by atoms with Crippen molar-refractivity contribution in [2.45, 2.75) is 58.3 Å². The van der Waals surface area contributed by atoms with Gasteiger partial charge < -0.3 is 10.2 Å². The van der Waals surface area contributed by atoms with Crippen LogP contribution in [-0.4, -0.2) is 10.2 Å². The normalized spacial score (nSPS) is 21.0. The van der Waals surface area contributed by atoms with E-state index in [0.717, 1.165) is 24.0 Å². The molecule has 2 heteroatoms. The van der Waals surface area contributed by atoms with Crippen LogP contribution in [0.15, 0.2) is 6.07 Å². The molecule has 0 bridgehead atoms. The third-order valence-corrected chi connectivity index (χ3v) is 4.21. The number of aromatic hydroxyl groups is 2. The molecule has 2 N–H and O–H groups in total. The maximum absolute atomic E-state index is 10.2. The van der Waals surface area contributed by atoms with Gasteiger partial charge in [-0.05, 0) is 47.8 Å². The summed E-state index contributed by atoms with van der Waals surface area (Å²) in [6, 6.07) is 1.68. The minimum atomic E-state index is -0.0710. The van der Waals surface area contributed by atoms with E-state index in [2.05, 4.69) is 27.7 Å². The molecule has 0 aliphatic heterocycles. The van der Waals surface area contributed by atoms with Crippen LogP contribution in [0, 0.1) is 6.92 Å². The van der Waals surface area contributed by atoms with Gasteiger partial charge in [0, 0.05) is 5.56 Å². The van der Waals surface area contributed by atoms with Gasteiger partial charge in [-0.15, -0.1) is 0 Å². The molecule has 0 saturated heterocycles. The smallest absolute Gasteiger partial charge is 0.161 e. The Labute approximate surface area is 103 Å². The third-order valence-electron chi connectivity index (χ3n) is 4.21. The number of aryl methyl sites for hydroxylation is 1. The predicted octanol–water partition coefficient (Wildman–Crippen LogP) is 3.76. The Balaban J connectivity index is 2.85. The molecule has 0 spiro atoms. The summed E-state index contributed by atoms with van der Waals surface area (Å²) in [5, 5.41) is 20.0. The van der Waals surface area contributed by atoms with Crippen molar-refractivity contribution in [2.75, 3.05) is 0 Å². The molecule has 1 aliphatic rings. The molecule has 1 aromatic rings. The van der Waals surface area contributed by atoms with E-state index in [-0.39, 0.29) is 22.3 Å². The highest BCUT2D eigenvalue weighted by atomic mass is 16.3. The molecule has 0 heterocycles. The second-order valence-electron chi connectivity index (χ2n) is 6.58. The molecule has 94 valence electrons. The van der Waals surface area contributed by atoms with E-state index < -0.39 is 0 Å². The molecule has 0 saturated carbocycles. The number of fused-ring (bicyclic) bond motifs is 1. The fraction of sp³-hybridized carbons (Fsp3) is 0.600. The minimum Gasteiger partial charge on any atom is -0.504 e. The van der Waals surface area contributed by atoms with E-state index in [1.54, 1.807) is 6.07 Å². The third kappa shape index (κ3) is 1.70. The molecule has 2 nitrogen and oxygen atoms in total. The summed E-state index contributed by atoms with van der Waals surface area (Å²) >= 11 is 0. The highest BCUT2D eigenvalue weighted by Crippen LogP contribution is 2.52. The lowest BCUT2D eigenvalue weighted by Crippen LogP contribution is -2.34. The Kier molecular flexibility index (Phi) is 2.46. The molecule has 17 heavy (non-hydrogen) atoms. The second-order valence-corrected chi connectivity index (χ2v) is 6.58. The zero-order chi connectivity index (χ0) is 13.0. The summed E-state index contributed by atoms with van der Waals surface area (Å²) in [6.45, 7) is 10.7. The maximum atomic E-state index is 10.2. The molecule has 0 atom stereocenters. The lowest BCUT2D eigenvalue weighted by atomic mass is 9.61. The summed E-state index contributed by atoms with van der Waals surface area (Å²) in [6.07, 6.45) is 2.14. The Hall–Kier alpha value is -1.18. The highest BCUT2D eigenvalue weighted by molar-refractivity contribution is 5.59. The zero-order valence-electron chi connectivity index (χ0n) is 11.4. The van der Waals surface area contributed by atoms with Crippen LogP contribution >= 0.6 is 0 Å². The van der Waals surface area contributed by atoms with Gasteiger partial charge in [-0.1, -0.05) is 27.7 Å². The maximum Gasteiger partial charge on any atom is 0.161 e. The number of rotatable bonds is 0. The van der Waals surface area contributed by atoms with E-state index in [9.17, 15) is 10.2 Å². The van der Waals surface area contributed by atoms with E-state index in [4.69, 9.17) is 0 Å². The monoisotopic (exact) mass is 234 g/mol. The van der Waals surface area contributed by atoms with Crippen LogP contribution in [0.3, 0.4) is 0 Å². The van der Waals surface area contributed by atoms with Crippen LogP contribution < -0.4 is 0 Å². The molecule has 0 aromatic heterocycles. The zero-order valence-corrected chi connectivity index (χ0v) is 11.4. The highest BCUT2D eigenvalue weighted by Gasteiger charge is 2.40. The van der Waals surface area contributed by atoms with Crippen LogP contribution in [0.25, 0.3) is 0 Å². The van der Waals surface area contributed by atoms with E-state index in [1.807, 2.05) is 6.92 Å². The number of phenols is 2. The summed E-state index contributed by atoms with van der Waals surface area (Å²) < 4.78 is 0. The predicted molar refractivity (Wildman–Crippen MR) is 69.8 cm³/mol. The molecule has 0 radical (unpaired) electrons. The molecule has 1 aromatic carbocycles. The van der Waals surface area contributed by atoms with Crippen molar-refractivity contribution in [1.29, 1.82) is 0 Å². The lowest BCUT2D eigenvalue weighted by Gasteiger charge is -2.43. The van der Waals surface area contributed by atoms with Gasteiger partial charge in [0.05, 0.1) is 0 Å². The fourth-order valence-corrected chi connectivity index (χ4v) is 3.20. The Morgan fingerprint density at radius 3 is 1.94 bits per heavy atom. The molecule has 2 rings (SSSR count). The molecule has 0 amide bonds. The van der Waals surface area contributed by atoms with Gasteiger partial charge in [0.1, 0.15) is 0 Å². The van der Waals surface area contributed by atoms with Gasteiger partial charge in [-0.25, -0.2) is 0 Å². The summed E-state index contributed by atoms with van der Waals surface area (Å²) in [5.74, 6) is 0.0791. The van der Waals surface area contributed by atoms with Gasteiger partial charge >= 0.3 is 0 Å². The van der Waals surface area contributed by atoms with Gasteiger partial charge in [0.2, 0.25) is 0 Å². The van der Waals surface area contributed by atoms with Crippen molar-refractivity contribution < 1.29 is 10.2 Å². The van der Waals surface area contributed by atoms with Crippen molar-refractivity contribution in [3.63, 3.8) is 0 Å². The summed E-state index contributed by atoms with van der Waals surface area (Å²) in [5.41, 5.74) is 3.22. The van der Waals surface area contributed by atoms with Crippen LogP contribution in [0.4, 0.5) is 0 Å². The van der Waals surface area contributed by atoms with Crippen molar-refractivity contribution in [1.82, 2.24) is 0 Å². The van der Waals surface area contributed by atoms with Gasteiger partial charge in [-0.3, -0.25) is 0 Å². The van der Waals surface area contributed by atoms with Crippen molar-refractivity contribution >= 4 is 0 Å². The Morgan fingerprint density at radius 1 is 0.941 bits per heavy atom. The van der Waals surface area contributed by atoms with Gasteiger partial charge in [0.25, 0.3) is 0 Å².